The third-order valence-electron chi connectivity index (χ3n) is 1.31. The molecule has 0 aromatic heterocycles. The minimum atomic E-state index is 0.176. The lowest BCUT2D eigenvalue weighted by molar-refractivity contribution is -0.120. The Morgan fingerprint density at radius 3 is 2.67 bits per heavy atom. The van der Waals surface area contributed by atoms with Gasteiger partial charge in [0.25, 0.3) is 6.47 Å². The number of benzene rings is 1. The number of hydrogen-bond acceptors (Lipinski definition) is 4. The van der Waals surface area contributed by atoms with Crippen molar-refractivity contribution in [2.24, 2.45) is 0 Å². The highest BCUT2D eigenvalue weighted by atomic mass is 35.5. The van der Waals surface area contributed by atoms with Crippen molar-refractivity contribution in [1.82, 2.24) is 0 Å². The molecule has 4 N–H and O–H groups in total. The summed E-state index contributed by atoms with van der Waals surface area (Å²) in [6.07, 6.45) is 0. The van der Waals surface area contributed by atoms with E-state index in [-0.39, 0.29) is 17.9 Å². The molecule has 12 heavy (non-hydrogen) atoms. The normalized spacial score (nSPS) is 9.42. The van der Waals surface area contributed by atoms with Crippen LogP contribution in [0.5, 0.6) is 5.75 Å². The highest BCUT2D eigenvalue weighted by Crippen LogP contribution is 2.31. The molecule has 0 fully saturated rings. The molecule has 0 heterocycles. The molecule has 0 atom stereocenters. The maximum Gasteiger partial charge on any atom is 0.298 e. The van der Waals surface area contributed by atoms with Crippen LogP contribution in [0.4, 0.5) is 11.4 Å². The fourth-order valence-electron chi connectivity index (χ4n) is 0.763. The molecule has 5 heteroatoms. The molecule has 0 spiro atoms. The Labute approximate surface area is 74.1 Å². The summed E-state index contributed by atoms with van der Waals surface area (Å²) in [5, 5.41) is 0.374. The summed E-state index contributed by atoms with van der Waals surface area (Å²) >= 11 is 5.63. The zero-order valence-corrected chi connectivity index (χ0v) is 6.84. The molecule has 0 bridgehead atoms. The first kappa shape index (κ1) is 8.67. The van der Waals surface area contributed by atoms with Crippen LogP contribution >= 0.6 is 11.6 Å². The molecule has 0 unspecified atom stereocenters. The van der Waals surface area contributed by atoms with Crippen molar-refractivity contribution in [3.63, 3.8) is 0 Å². The fraction of sp³-hybridized carbons (Fsp3) is 0. The van der Waals surface area contributed by atoms with Crippen molar-refractivity contribution in [2.75, 3.05) is 11.5 Å². The summed E-state index contributed by atoms with van der Waals surface area (Å²) in [5.74, 6) is 0.176. The molecule has 0 aliphatic rings. The van der Waals surface area contributed by atoms with Gasteiger partial charge < -0.3 is 16.2 Å². The standard InChI is InChI=1S/C7H7ClN2O2/c8-4-1-5(9)7(10)6(2-4)12-3-11/h1-3H,9-10H2. The Morgan fingerprint density at radius 2 is 2.08 bits per heavy atom. The fourth-order valence-corrected chi connectivity index (χ4v) is 0.979. The van der Waals surface area contributed by atoms with Crippen molar-refractivity contribution in [3.8, 4) is 5.75 Å². The van der Waals surface area contributed by atoms with E-state index >= 15 is 0 Å². The third-order valence-corrected chi connectivity index (χ3v) is 1.53. The van der Waals surface area contributed by atoms with Gasteiger partial charge in [-0.3, -0.25) is 4.79 Å². The van der Waals surface area contributed by atoms with Gasteiger partial charge in [0.05, 0.1) is 11.4 Å². The Bertz CT molecular complexity index is 315. The molecular weight excluding hydrogens is 180 g/mol. The molecule has 1 rings (SSSR count). The second-order valence-corrected chi connectivity index (χ2v) is 2.56. The van der Waals surface area contributed by atoms with Crippen molar-refractivity contribution in [3.05, 3.63) is 17.2 Å². The highest BCUT2D eigenvalue weighted by molar-refractivity contribution is 6.31. The van der Waals surface area contributed by atoms with E-state index in [9.17, 15) is 4.79 Å². The van der Waals surface area contributed by atoms with Crippen LogP contribution in [-0.2, 0) is 4.79 Å². The van der Waals surface area contributed by atoms with Gasteiger partial charge in [-0.05, 0) is 6.07 Å². The summed E-state index contributed by atoms with van der Waals surface area (Å²) in [4.78, 5) is 9.99. The second-order valence-electron chi connectivity index (χ2n) is 2.12. The van der Waals surface area contributed by atoms with Crippen molar-refractivity contribution < 1.29 is 9.53 Å². The van der Waals surface area contributed by atoms with E-state index in [1.807, 2.05) is 0 Å². The topological polar surface area (TPSA) is 78.3 Å². The quantitative estimate of drug-likeness (QED) is 0.534. The first-order chi connectivity index (χ1) is 5.65. The first-order valence-corrected chi connectivity index (χ1v) is 3.47. The number of carbonyl (C=O) groups excluding carboxylic acids is 1. The summed E-state index contributed by atoms with van der Waals surface area (Å²) in [6.45, 7) is 0.265. The Balaban J connectivity index is 3.17. The average molecular weight is 187 g/mol. The van der Waals surface area contributed by atoms with E-state index in [1.165, 1.54) is 12.1 Å². The predicted octanol–water partition coefficient (Wildman–Crippen LogP) is 1.04. The number of halogens is 1. The summed E-state index contributed by atoms with van der Waals surface area (Å²) in [6, 6.07) is 2.90. The van der Waals surface area contributed by atoms with Gasteiger partial charge >= 0.3 is 0 Å². The Morgan fingerprint density at radius 1 is 1.42 bits per heavy atom. The van der Waals surface area contributed by atoms with E-state index in [0.717, 1.165) is 0 Å². The first-order valence-electron chi connectivity index (χ1n) is 3.10. The molecule has 64 valence electrons. The summed E-state index contributed by atoms with van der Waals surface area (Å²) < 4.78 is 4.53. The number of nitrogen functional groups attached to an aromatic ring is 2. The van der Waals surface area contributed by atoms with Crippen LogP contribution in [0.2, 0.25) is 5.02 Å². The predicted molar refractivity (Wildman–Crippen MR) is 47.0 cm³/mol. The lowest BCUT2D eigenvalue weighted by atomic mass is 10.2. The van der Waals surface area contributed by atoms with Gasteiger partial charge in [0.2, 0.25) is 0 Å². The van der Waals surface area contributed by atoms with Gasteiger partial charge in [-0.25, -0.2) is 0 Å². The van der Waals surface area contributed by atoms with Crippen LogP contribution in [0, 0.1) is 0 Å². The molecule has 0 radical (unpaired) electrons. The zero-order chi connectivity index (χ0) is 9.14. The molecular formula is C7H7ClN2O2. The third kappa shape index (κ3) is 1.60. The van der Waals surface area contributed by atoms with Crippen LogP contribution in [-0.4, -0.2) is 6.47 Å². The molecule has 0 aliphatic heterocycles. The van der Waals surface area contributed by atoms with Crippen LogP contribution in [0.15, 0.2) is 12.1 Å². The largest absolute Gasteiger partial charge is 0.426 e. The van der Waals surface area contributed by atoms with Crippen LogP contribution < -0.4 is 16.2 Å². The minimum absolute atomic E-state index is 0.176. The maximum atomic E-state index is 9.99. The highest BCUT2D eigenvalue weighted by Gasteiger charge is 2.05. The summed E-state index contributed by atoms with van der Waals surface area (Å²) in [7, 11) is 0. The molecule has 0 aliphatic carbocycles. The van der Waals surface area contributed by atoms with Gasteiger partial charge in [0.15, 0.2) is 5.75 Å². The number of anilines is 2. The van der Waals surface area contributed by atoms with E-state index in [2.05, 4.69) is 4.74 Å². The molecule has 1 aromatic rings. The average Bonchev–Trinajstić information content (AvgIpc) is 2.00. The zero-order valence-electron chi connectivity index (χ0n) is 6.08. The van der Waals surface area contributed by atoms with Gasteiger partial charge in [-0.2, -0.15) is 0 Å². The van der Waals surface area contributed by atoms with E-state index in [1.54, 1.807) is 0 Å². The summed E-state index contributed by atoms with van der Waals surface area (Å²) in [5.41, 5.74) is 11.4. The van der Waals surface area contributed by atoms with Crippen LogP contribution in [0.3, 0.4) is 0 Å². The monoisotopic (exact) mass is 186 g/mol. The maximum absolute atomic E-state index is 9.99. The SMILES string of the molecule is Nc1cc(Cl)cc(OC=O)c1N. The van der Waals surface area contributed by atoms with E-state index in [0.29, 0.717) is 10.7 Å². The van der Waals surface area contributed by atoms with Gasteiger partial charge in [-0.1, -0.05) is 11.6 Å². The second kappa shape index (κ2) is 3.32. The van der Waals surface area contributed by atoms with Gasteiger partial charge in [0.1, 0.15) is 0 Å². The van der Waals surface area contributed by atoms with Crippen LogP contribution in [0.25, 0.3) is 0 Å². The number of carbonyl (C=O) groups is 1. The molecule has 1 aromatic carbocycles. The Kier molecular flexibility index (Phi) is 2.40. The van der Waals surface area contributed by atoms with Gasteiger partial charge in [0, 0.05) is 11.1 Å². The molecule has 0 saturated heterocycles. The van der Waals surface area contributed by atoms with Crippen molar-refractivity contribution in [1.29, 1.82) is 0 Å². The van der Waals surface area contributed by atoms with Crippen LogP contribution in [0.1, 0.15) is 0 Å². The number of nitrogens with two attached hydrogens (primary N) is 2. The smallest absolute Gasteiger partial charge is 0.298 e. The number of hydrogen-bond donors (Lipinski definition) is 2. The minimum Gasteiger partial charge on any atom is -0.426 e. The molecule has 0 saturated carbocycles. The van der Waals surface area contributed by atoms with Crippen molar-refractivity contribution in [2.45, 2.75) is 0 Å². The van der Waals surface area contributed by atoms with E-state index < -0.39 is 0 Å². The lowest BCUT2D eigenvalue weighted by Crippen LogP contribution is -1.99. The lowest BCUT2D eigenvalue weighted by Gasteiger charge is -2.05. The number of ether oxygens (including phenoxy) is 1. The molecule has 4 nitrogen and oxygen atoms in total. The van der Waals surface area contributed by atoms with Gasteiger partial charge in [-0.15, -0.1) is 0 Å². The Hall–Kier alpha value is -1.42. The molecule has 0 amide bonds. The van der Waals surface area contributed by atoms with Crippen molar-refractivity contribution >= 4 is 29.4 Å². The number of rotatable bonds is 2. The van der Waals surface area contributed by atoms with E-state index in [4.69, 9.17) is 23.1 Å².